The normalized spacial score (nSPS) is 12.3. The Morgan fingerprint density at radius 2 is 1.90 bits per heavy atom. The third-order valence-electron chi connectivity index (χ3n) is 4.25. The minimum absolute atomic E-state index is 0.0315. The number of carbonyl (C=O) groups excluding carboxylic acids is 2. The second kappa shape index (κ2) is 9.33. The summed E-state index contributed by atoms with van der Waals surface area (Å²) in [4.78, 5) is 28.9. The van der Waals surface area contributed by atoms with Crippen LogP contribution in [0.15, 0.2) is 58.4 Å². The molecule has 1 aromatic heterocycles. The maximum absolute atomic E-state index is 12.5. The zero-order valence-electron chi connectivity index (χ0n) is 16.3. The quantitative estimate of drug-likeness (QED) is 0.555. The molecule has 10 heteroatoms. The number of sulfonamides is 1. The molecule has 0 saturated heterocycles. The van der Waals surface area contributed by atoms with Gasteiger partial charge in [0.1, 0.15) is 0 Å². The van der Waals surface area contributed by atoms with Gasteiger partial charge in [0, 0.05) is 6.54 Å². The van der Waals surface area contributed by atoms with Gasteiger partial charge in [0.15, 0.2) is 4.80 Å². The maximum Gasteiger partial charge on any atom is 0.307 e. The predicted molar refractivity (Wildman–Crippen MR) is 113 cm³/mol. The average Bonchev–Trinajstić information content (AvgIpc) is 3.02. The van der Waals surface area contributed by atoms with Crippen LogP contribution in [0.4, 0.5) is 0 Å². The molecular weight excluding hydrogens is 426 g/mol. The molecule has 3 rings (SSSR count). The van der Waals surface area contributed by atoms with Crippen LogP contribution in [0.25, 0.3) is 10.2 Å². The lowest BCUT2D eigenvalue weighted by molar-refractivity contribution is -0.143. The highest BCUT2D eigenvalue weighted by Gasteiger charge is 2.14. The Balaban J connectivity index is 2.02. The maximum atomic E-state index is 12.5. The Kier molecular flexibility index (Phi) is 6.80. The highest BCUT2D eigenvalue weighted by molar-refractivity contribution is 7.89. The monoisotopic (exact) mass is 447 g/mol. The number of thiazole rings is 1. The molecule has 0 bridgehead atoms. The summed E-state index contributed by atoms with van der Waals surface area (Å²) in [5.74, 6) is -0.712. The molecule has 0 radical (unpaired) electrons. The van der Waals surface area contributed by atoms with Crippen molar-refractivity contribution in [3.63, 3.8) is 0 Å². The van der Waals surface area contributed by atoms with Gasteiger partial charge < -0.3 is 9.30 Å². The van der Waals surface area contributed by atoms with Crippen molar-refractivity contribution in [1.29, 1.82) is 0 Å². The zero-order chi connectivity index (χ0) is 21.7. The number of primary sulfonamides is 1. The molecule has 0 saturated carbocycles. The van der Waals surface area contributed by atoms with Crippen LogP contribution in [0.2, 0.25) is 0 Å². The van der Waals surface area contributed by atoms with E-state index < -0.39 is 10.0 Å². The summed E-state index contributed by atoms with van der Waals surface area (Å²) >= 11 is 1.16. The minimum Gasteiger partial charge on any atom is -0.466 e. The average molecular weight is 448 g/mol. The molecule has 0 spiro atoms. The van der Waals surface area contributed by atoms with Crippen LogP contribution in [-0.2, 0) is 37.3 Å². The van der Waals surface area contributed by atoms with E-state index in [9.17, 15) is 18.0 Å². The van der Waals surface area contributed by atoms with Crippen molar-refractivity contribution in [3.8, 4) is 0 Å². The molecule has 0 aliphatic heterocycles. The van der Waals surface area contributed by atoms with Gasteiger partial charge in [0.05, 0.1) is 34.6 Å². The second-order valence-electron chi connectivity index (χ2n) is 6.43. The Morgan fingerprint density at radius 1 is 1.17 bits per heavy atom. The first kappa shape index (κ1) is 21.9. The molecule has 8 nitrogen and oxygen atoms in total. The van der Waals surface area contributed by atoms with Crippen LogP contribution in [0.5, 0.6) is 0 Å². The van der Waals surface area contributed by atoms with E-state index >= 15 is 0 Å². The summed E-state index contributed by atoms with van der Waals surface area (Å²) in [6.45, 7) is 2.24. The van der Waals surface area contributed by atoms with Gasteiger partial charge in [0.25, 0.3) is 5.91 Å². The van der Waals surface area contributed by atoms with Gasteiger partial charge in [-0.1, -0.05) is 41.7 Å². The smallest absolute Gasteiger partial charge is 0.307 e. The third-order valence-corrected chi connectivity index (χ3v) is 6.20. The Hall–Kier alpha value is -2.82. The summed E-state index contributed by atoms with van der Waals surface area (Å²) < 4.78 is 30.6. The number of esters is 1. The van der Waals surface area contributed by atoms with Crippen molar-refractivity contribution in [3.05, 3.63) is 58.9 Å². The summed E-state index contributed by atoms with van der Waals surface area (Å²) in [6.07, 6.45) is 0.228. The standard InChI is InChI=1S/C20H21N3O5S2/c1-2-28-19(25)10-11-23-16-9-8-15(30(21,26)27)13-17(16)29-20(23)22-18(24)12-14-6-4-3-5-7-14/h3-9,13H,2,10-12H2,1H3,(H2,21,26,27). The molecular formula is C20H21N3O5S2. The van der Waals surface area contributed by atoms with E-state index in [2.05, 4.69) is 4.99 Å². The first-order valence-electron chi connectivity index (χ1n) is 9.21. The topological polar surface area (TPSA) is 121 Å². The number of ether oxygens (including phenoxy) is 1. The summed E-state index contributed by atoms with van der Waals surface area (Å²) in [7, 11) is -3.87. The minimum atomic E-state index is -3.87. The molecule has 3 aromatic rings. The number of carbonyl (C=O) groups is 2. The van der Waals surface area contributed by atoms with Crippen molar-refractivity contribution < 1.29 is 22.7 Å². The lowest BCUT2D eigenvalue weighted by atomic mass is 10.1. The van der Waals surface area contributed by atoms with Gasteiger partial charge in [-0.3, -0.25) is 9.59 Å². The predicted octanol–water partition coefficient (Wildman–Crippen LogP) is 1.97. The van der Waals surface area contributed by atoms with Gasteiger partial charge in [0.2, 0.25) is 10.0 Å². The number of aryl methyl sites for hydroxylation is 1. The van der Waals surface area contributed by atoms with E-state index in [0.29, 0.717) is 15.0 Å². The van der Waals surface area contributed by atoms with Crippen molar-refractivity contribution in [2.75, 3.05) is 6.61 Å². The van der Waals surface area contributed by atoms with E-state index in [1.54, 1.807) is 17.6 Å². The third kappa shape index (κ3) is 5.41. The van der Waals surface area contributed by atoms with Crippen LogP contribution in [-0.4, -0.2) is 31.5 Å². The van der Waals surface area contributed by atoms with E-state index in [1.165, 1.54) is 12.1 Å². The van der Waals surface area contributed by atoms with E-state index in [0.717, 1.165) is 16.9 Å². The number of hydrogen-bond acceptors (Lipinski definition) is 6. The molecule has 1 amide bonds. The molecule has 0 aliphatic rings. The highest BCUT2D eigenvalue weighted by Crippen LogP contribution is 2.21. The van der Waals surface area contributed by atoms with Gasteiger partial charge in [-0.25, -0.2) is 13.6 Å². The van der Waals surface area contributed by atoms with E-state index in [1.807, 2.05) is 30.3 Å². The van der Waals surface area contributed by atoms with Crippen LogP contribution in [0, 0.1) is 0 Å². The number of amides is 1. The molecule has 0 atom stereocenters. The molecule has 0 fully saturated rings. The lowest BCUT2D eigenvalue weighted by Crippen LogP contribution is -2.20. The number of benzene rings is 2. The van der Waals surface area contributed by atoms with Crippen molar-refractivity contribution in [1.82, 2.24) is 4.57 Å². The largest absolute Gasteiger partial charge is 0.466 e. The molecule has 0 aliphatic carbocycles. The van der Waals surface area contributed by atoms with E-state index in [4.69, 9.17) is 9.88 Å². The molecule has 2 aromatic carbocycles. The van der Waals surface area contributed by atoms with Gasteiger partial charge in [-0.05, 0) is 30.7 Å². The molecule has 0 unspecified atom stereocenters. The van der Waals surface area contributed by atoms with Crippen LogP contribution >= 0.6 is 11.3 Å². The molecule has 158 valence electrons. The van der Waals surface area contributed by atoms with Crippen LogP contribution in [0.1, 0.15) is 18.9 Å². The highest BCUT2D eigenvalue weighted by atomic mass is 32.2. The Morgan fingerprint density at radius 3 is 2.57 bits per heavy atom. The molecule has 1 heterocycles. The van der Waals surface area contributed by atoms with Crippen LogP contribution in [0.3, 0.4) is 0 Å². The molecule has 30 heavy (non-hydrogen) atoms. The van der Waals surface area contributed by atoms with Crippen molar-refractivity contribution in [2.45, 2.75) is 31.2 Å². The zero-order valence-corrected chi connectivity index (χ0v) is 17.9. The number of rotatable bonds is 7. The van der Waals surface area contributed by atoms with Crippen molar-refractivity contribution in [2.24, 2.45) is 10.1 Å². The van der Waals surface area contributed by atoms with Gasteiger partial charge in [-0.15, -0.1) is 0 Å². The Bertz CT molecular complexity index is 1240. The van der Waals surface area contributed by atoms with Gasteiger partial charge in [-0.2, -0.15) is 4.99 Å². The fraction of sp³-hybridized carbons (Fsp3) is 0.250. The first-order valence-corrected chi connectivity index (χ1v) is 11.6. The molecule has 2 N–H and O–H groups in total. The van der Waals surface area contributed by atoms with Crippen molar-refractivity contribution >= 4 is 43.5 Å². The number of nitrogens with two attached hydrogens (primary N) is 1. The summed E-state index contributed by atoms with van der Waals surface area (Å²) in [5.41, 5.74) is 1.49. The van der Waals surface area contributed by atoms with E-state index in [-0.39, 0.29) is 42.8 Å². The number of hydrogen-bond donors (Lipinski definition) is 1. The number of fused-ring (bicyclic) bond motifs is 1. The lowest BCUT2D eigenvalue weighted by Gasteiger charge is -2.06. The SMILES string of the molecule is CCOC(=O)CCn1c(=NC(=O)Cc2ccccc2)sc2cc(S(N)(=O)=O)ccc21. The first-order chi connectivity index (χ1) is 14.3. The summed E-state index contributed by atoms with van der Waals surface area (Å²) in [5, 5.41) is 5.22. The number of aromatic nitrogens is 1. The van der Waals surface area contributed by atoms with Gasteiger partial charge >= 0.3 is 5.97 Å². The second-order valence-corrected chi connectivity index (χ2v) is 9.00. The Labute approximate surface area is 177 Å². The number of nitrogens with zero attached hydrogens (tertiary/aromatic N) is 2. The van der Waals surface area contributed by atoms with Crippen LogP contribution < -0.4 is 9.94 Å². The fourth-order valence-electron chi connectivity index (χ4n) is 2.88. The summed E-state index contributed by atoms with van der Waals surface area (Å²) in [6, 6.07) is 13.7. The fourth-order valence-corrected chi connectivity index (χ4v) is 4.61.